The molecular formula is C12H23NO. The first-order chi connectivity index (χ1) is 6.65. The van der Waals surface area contributed by atoms with Gasteiger partial charge >= 0.3 is 0 Å². The molecule has 0 aromatic carbocycles. The lowest BCUT2D eigenvalue weighted by Crippen LogP contribution is -2.34. The second kappa shape index (κ2) is 5.50. The molecule has 82 valence electrons. The first-order valence-electron chi connectivity index (χ1n) is 5.72. The molecular weight excluding hydrogens is 174 g/mol. The zero-order valence-corrected chi connectivity index (χ0v) is 9.70. The van der Waals surface area contributed by atoms with Crippen molar-refractivity contribution in [3.05, 3.63) is 0 Å². The minimum Gasteiger partial charge on any atom is -0.376 e. The predicted octanol–water partition coefficient (Wildman–Crippen LogP) is 2.92. The van der Waals surface area contributed by atoms with E-state index in [0.29, 0.717) is 18.1 Å². The maximum Gasteiger partial charge on any atom is 0.0800 e. The van der Waals surface area contributed by atoms with E-state index >= 15 is 0 Å². The predicted molar refractivity (Wildman–Crippen MR) is 60.9 cm³/mol. The van der Waals surface area contributed by atoms with Gasteiger partial charge < -0.3 is 4.74 Å². The number of ether oxygens (including phenoxy) is 1. The van der Waals surface area contributed by atoms with Crippen molar-refractivity contribution in [1.29, 1.82) is 0 Å². The number of hydrogen-bond acceptors (Lipinski definition) is 2. The maximum absolute atomic E-state index is 5.77. The minimum absolute atomic E-state index is 0.318. The van der Waals surface area contributed by atoms with Gasteiger partial charge in [0, 0.05) is 6.61 Å². The van der Waals surface area contributed by atoms with Crippen LogP contribution < -0.4 is 0 Å². The van der Waals surface area contributed by atoms with E-state index < -0.39 is 0 Å². The van der Waals surface area contributed by atoms with Crippen LogP contribution in [0, 0.1) is 11.8 Å². The lowest BCUT2D eigenvalue weighted by Gasteiger charge is -2.31. The second-order valence-electron chi connectivity index (χ2n) is 4.76. The van der Waals surface area contributed by atoms with Gasteiger partial charge in [-0.15, -0.1) is 0 Å². The van der Waals surface area contributed by atoms with Crippen LogP contribution >= 0.6 is 0 Å². The smallest absolute Gasteiger partial charge is 0.0800 e. The molecule has 0 aromatic rings. The summed E-state index contributed by atoms with van der Waals surface area (Å²) >= 11 is 0. The van der Waals surface area contributed by atoms with Crippen molar-refractivity contribution in [3.8, 4) is 0 Å². The highest BCUT2D eigenvalue weighted by atomic mass is 16.5. The van der Waals surface area contributed by atoms with Gasteiger partial charge in [-0.1, -0.05) is 20.8 Å². The Labute approximate surface area is 87.8 Å². The van der Waals surface area contributed by atoms with Crippen molar-refractivity contribution in [2.45, 2.75) is 52.2 Å². The van der Waals surface area contributed by atoms with Crippen LogP contribution in [0.5, 0.6) is 0 Å². The minimum atomic E-state index is 0.318. The Morgan fingerprint density at radius 1 is 1.43 bits per heavy atom. The molecule has 3 atom stereocenters. The van der Waals surface area contributed by atoms with Crippen molar-refractivity contribution in [2.24, 2.45) is 16.8 Å². The van der Waals surface area contributed by atoms with Crippen LogP contribution in [-0.2, 0) is 4.74 Å². The fourth-order valence-corrected chi connectivity index (χ4v) is 1.90. The van der Waals surface area contributed by atoms with Crippen LogP contribution in [0.4, 0.5) is 0 Å². The summed E-state index contributed by atoms with van der Waals surface area (Å²) in [5.41, 5.74) is 0. The summed E-state index contributed by atoms with van der Waals surface area (Å²) in [5, 5.41) is 0. The molecule has 0 radical (unpaired) electrons. The molecule has 0 amide bonds. The molecule has 2 heteroatoms. The molecule has 1 aliphatic rings. The first kappa shape index (κ1) is 11.7. The van der Waals surface area contributed by atoms with Crippen molar-refractivity contribution in [2.75, 3.05) is 6.61 Å². The highest BCUT2D eigenvalue weighted by Gasteiger charge is 2.26. The van der Waals surface area contributed by atoms with Gasteiger partial charge in [-0.2, -0.15) is 0 Å². The topological polar surface area (TPSA) is 21.6 Å². The summed E-state index contributed by atoms with van der Waals surface area (Å²) in [5.74, 6) is 1.44. The zero-order valence-electron chi connectivity index (χ0n) is 9.70. The van der Waals surface area contributed by atoms with E-state index in [-0.39, 0.29) is 0 Å². The second-order valence-corrected chi connectivity index (χ2v) is 4.76. The van der Waals surface area contributed by atoms with Crippen molar-refractivity contribution >= 4 is 6.72 Å². The number of nitrogens with zero attached hydrogens (tertiary/aromatic N) is 1. The molecule has 0 saturated carbocycles. The fraction of sp³-hybridized carbons (Fsp3) is 0.917. The third-order valence-corrected chi connectivity index (χ3v) is 3.38. The molecule has 0 aromatic heterocycles. The maximum atomic E-state index is 5.77. The number of aliphatic imine (C=N–C) groups is 1. The highest BCUT2D eigenvalue weighted by Crippen LogP contribution is 2.25. The van der Waals surface area contributed by atoms with Crippen molar-refractivity contribution in [3.63, 3.8) is 0 Å². The first-order valence-corrected chi connectivity index (χ1v) is 5.72. The SMILES string of the molecule is C=N[C@@H]1CCCO[C@@H]1C[C@@H](C)C(C)C. The van der Waals surface area contributed by atoms with E-state index in [4.69, 9.17) is 4.74 Å². The van der Waals surface area contributed by atoms with E-state index in [1.165, 1.54) is 0 Å². The summed E-state index contributed by atoms with van der Waals surface area (Å²) in [4.78, 5) is 4.17. The van der Waals surface area contributed by atoms with Gasteiger partial charge in [-0.3, -0.25) is 4.99 Å². The van der Waals surface area contributed by atoms with E-state index in [2.05, 4.69) is 32.5 Å². The molecule has 1 aliphatic heterocycles. The van der Waals surface area contributed by atoms with Crippen molar-refractivity contribution in [1.82, 2.24) is 0 Å². The molecule has 2 nitrogen and oxygen atoms in total. The molecule has 1 rings (SSSR count). The normalized spacial score (nSPS) is 30.3. The van der Waals surface area contributed by atoms with Crippen LogP contribution in [0.2, 0.25) is 0 Å². The van der Waals surface area contributed by atoms with Gasteiger partial charge in [0.1, 0.15) is 0 Å². The molecule has 0 spiro atoms. The summed E-state index contributed by atoms with van der Waals surface area (Å²) in [7, 11) is 0. The van der Waals surface area contributed by atoms with E-state index in [1.807, 2.05) is 0 Å². The third-order valence-electron chi connectivity index (χ3n) is 3.38. The average molecular weight is 197 g/mol. The summed E-state index contributed by atoms with van der Waals surface area (Å²) in [6, 6.07) is 0.338. The molecule has 1 saturated heterocycles. The Bertz CT molecular complexity index is 179. The van der Waals surface area contributed by atoms with E-state index in [1.54, 1.807) is 0 Å². The van der Waals surface area contributed by atoms with Crippen LogP contribution in [0.1, 0.15) is 40.0 Å². The standard InChI is InChI=1S/C12H23NO/c1-9(2)10(3)8-12-11(13-4)6-5-7-14-12/h9-12H,4-8H2,1-3H3/t10-,11-,12-/m1/s1. The van der Waals surface area contributed by atoms with Gasteiger partial charge in [-0.25, -0.2) is 0 Å². The Kier molecular flexibility index (Phi) is 4.59. The Morgan fingerprint density at radius 3 is 2.71 bits per heavy atom. The van der Waals surface area contributed by atoms with Gasteiger partial charge in [0.25, 0.3) is 0 Å². The third kappa shape index (κ3) is 3.09. The van der Waals surface area contributed by atoms with Gasteiger partial charge in [-0.05, 0) is 37.8 Å². The van der Waals surface area contributed by atoms with E-state index in [9.17, 15) is 0 Å². The lowest BCUT2D eigenvalue weighted by atomic mass is 9.88. The van der Waals surface area contributed by atoms with Crippen LogP contribution in [0.25, 0.3) is 0 Å². The van der Waals surface area contributed by atoms with Gasteiger partial charge in [0.05, 0.1) is 12.1 Å². The molecule has 1 fully saturated rings. The van der Waals surface area contributed by atoms with Crippen LogP contribution in [0.3, 0.4) is 0 Å². The largest absolute Gasteiger partial charge is 0.376 e. The molecule has 1 heterocycles. The molecule has 0 unspecified atom stereocenters. The molecule has 0 aliphatic carbocycles. The van der Waals surface area contributed by atoms with E-state index in [0.717, 1.165) is 31.8 Å². The number of rotatable bonds is 4. The van der Waals surface area contributed by atoms with Crippen LogP contribution in [-0.4, -0.2) is 25.5 Å². The van der Waals surface area contributed by atoms with Crippen LogP contribution in [0.15, 0.2) is 4.99 Å². The summed E-state index contributed by atoms with van der Waals surface area (Å²) in [6.45, 7) is 11.4. The lowest BCUT2D eigenvalue weighted by molar-refractivity contribution is -0.0136. The highest BCUT2D eigenvalue weighted by molar-refractivity contribution is 5.24. The number of hydrogen-bond donors (Lipinski definition) is 0. The Morgan fingerprint density at radius 2 is 2.14 bits per heavy atom. The fourth-order valence-electron chi connectivity index (χ4n) is 1.90. The van der Waals surface area contributed by atoms with Crippen molar-refractivity contribution < 1.29 is 4.74 Å². The van der Waals surface area contributed by atoms with Gasteiger partial charge in [0.15, 0.2) is 0 Å². The van der Waals surface area contributed by atoms with Gasteiger partial charge in [0.2, 0.25) is 0 Å². The average Bonchev–Trinajstić information content (AvgIpc) is 2.18. The molecule has 0 bridgehead atoms. The Balaban J connectivity index is 2.44. The summed E-state index contributed by atoms with van der Waals surface area (Å²) in [6.07, 6.45) is 3.73. The molecule has 14 heavy (non-hydrogen) atoms. The Hall–Kier alpha value is -0.370. The quantitative estimate of drug-likeness (QED) is 0.635. The summed E-state index contributed by atoms with van der Waals surface area (Å²) < 4.78 is 5.77. The zero-order chi connectivity index (χ0) is 10.6. The molecule has 0 N–H and O–H groups in total. The monoisotopic (exact) mass is 197 g/mol.